The van der Waals surface area contributed by atoms with E-state index in [1.54, 1.807) is 0 Å². The van der Waals surface area contributed by atoms with Gasteiger partial charge in [-0.1, -0.05) is 0 Å². The van der Waals surface area contributed by atoms with Crippen molar-refractivity contribution in [2.24, 2.45) is 5.73 Å². The fourth-order valence-corrected chi connectivity index (χ4v) is 1.84. The van der Waals surface area contributed by atoms with Crippen molar-refractivity contribution in [1.29, 1.82) is 0 Å². The van der Waals surface area contributed by atoms with Crippen LogP contribution >= 0.6 is 0 Å². The number of carbonyl (C=O) groups is 1. The third kappa shape index (κ3) is 2.79. The highest BCUT2D eigenvalue weighted by Gasteiger charge is 2.31. The second kappa shape index (κ2) is 4.56. The summed E-state index contributed by atoms with van der Waals surface area (Å²) in [5.74, 6) is -0.0933. The molecule has 1 aromatic heterocycles. The van der Waals surface area contributed by atoms with E-state index < -0.39 is 11.7 Å². The molecule has 0 aliphatic carbocycles. The van der Waals surface area contributed by atoms with Crippen LogP contribution in [0.4, 0.5) is 13.2 Å². The van der Waals surface area contributed by atoms with Gasteiger partial charge >= 0.3 is 6.18 Å². The van der Waals surface area contributed by atoms with E-state index in [2.05, 4.69) is 4.98 Å². The van der Waals surface area contributed by atoms with E-state index in [1.165, 1.54) is 11.0 Å². The van der Waals surface area contributed by atoms with E-state index in [0.29, 0.717) is 12.2 Å². The van der Waals surface area contributed by atoms with Crippen LogP contribution in [-0.4, -0.2) is 28.4 Å². The lowest BCUT2D eigenvalue weighted by molar-refractivity contribution is -0.138. The summed E-state index contributed by atoms with van der Waals surface area (Å²) in [4.78, 5) is 16.7. The van der Waals surface area contributed by atoms with Crippen molar-refractivity contribution >= 4 is 5.91 Å². The van der Waals surface area contributed by atoms with E-state index in [1.807, 2.05) is 0 Å². The Morgan fingerprint density at radius 2 is 2.17 bits per heavy atom. The molecule has 2 rings (SSSR count). The van der Waals surface area contributed by atoms with Crippen LogP contribution in [0.2, 0.25) is 0 Å². The van der Waals surface area contributed by atoms with E-state index in [4.69, 9.17) is 5.73 Å². The molecule has 4 nitrogen and oxygen atoms in total. The number of rotatable bonds is 2. The van der Waals surface area contributed by atoms with Gasteiger partial charge in [0.2, 0.25) is 5.91 Å². The quantitative estimate of drug-likeness (QED) is 0.867. The summed E-state index contributed by atoms with van der Waals surface area (Å²) in [7, 11) is 0. The standard InChI is InChI=1S/C11H12F3N3O/c12-11(13,14)7-1-2-9(16-4-7)6-17-5-8(15)3-10(17)18/h1-2,4,8H,3,5-6,15H2. The number of hydrogen-bond acceptors (Lipinski definition) is 3. The minimum atomic E-state index is -4.39. The number of pyridine rings is 1. The number of nitrogens with zero attached hydrogens (tertiary/aromatic N) is 2. The second-order valence-corrected chi connectivity index (χ2v) is 4.27. The predicted molar refractivity (Wildman–Crippen MR) is 57.2 cm³/mol. The number of amides is 1. The van der Waals surface area contributed by atoms with Gasteiger partial charge in [-0.05, 0) is 12.1 Å². The van der Waals surface area contributed by atoms with Crippen LogP contribution in [0.15, 0.2) is 18.3 Å². The van der Waals surface area contributed by atoms with Gasteiger partial charge in [0.05, 0.1) is 17.8 Å². The fraction of sp³-hybridized carbons (Fsp3) is 0.455. The molecule has 1 aromatic rings. The molecule has 0 bridgehead atoms. The molecule has 0 radical (unpaired) electrons. The average Bonchev–Trinajstić information content (AvgIpc) is 2.57. The second-order valence-electron chi connectivity index (χ2n) is 4.27. The molecule has 7 heteroatoms. The molecule has 1 unspecified atom stereocenters. The van der Waals surface area contributed by atoms with Crippen molar-refractivity contribution in [1.82, 2.24) is 9.88 Å². The van der Waals surface area contributed by atoms with Crippen LogP contribution in [0.3, 0.4) is 0 Å². The zero-order valence-electron chi connectivity index (χ0n) is 9.44. The highest BCUT2D eigenvalue weighted by atomic mass is 19.4. The largest absolute Gasteiger partial charge is 0.417 e. The molecule has 1 aliphatic heterocycles. The van der Waals surface area contributed by atoms with Crippen LogP contribution in [0.1, 0.15) is 17.7 Å². The molecule has 1 amide bonds. The van der Waals surface area contributed by atoms with Crippen LogP contribution in [-0.2, 0) is 17.5 Å². The third-order valence-electron chi connectivity index (χ3n) is 2.75. The van der Waals surface area contributed by atoms with Crippen molar-refractivity contribution in [2.45, 2.75) is 25.2 Å². The monoisotopic (exact) mass is 259 g/mol. The molecule has 2 heterocycles. The van der Waals surface area contributed by atoms with Gasteiger partial charge in [0.1, 0.15) is 0 Å². The molecule has 0 aromatic carbocycles. The topological polar surface area (TPSA) is 59.2 Å². The number of aromatic nitrogens is 1. The van der Waals surface area contributed by atoms with Crippen molar-refractivity contribution in [3.63, 3.8) is 0 Å². The average molecular weight is 259 g/mol. The van der Waals surface area contributed by atoms with E-state index >= 15 is 0 Å². The lowest BCUT2D eigenvalue weighted by atomic mass is 10.2. The van der Waals surface area contributed by atoms with Crippen molar-refractivity contribution in [3.8, 4) is 0 Å². The molecule has 1 saturated heterocycles. The van der Waals surface area contributed by atoms with Gasteiger partial charge in [0.15, 0.2) is 0 Å². The van der Waals surface area contributed by atoms with E-state index in [-0.39, 0.29) is 24.9 Å². The maximum atomic E-state index is 12.3. The summed E-state index contributed by atoms with van der Waals surface area (Å²) in [6.45, 7) is 0.617. The minimum absolute atomic E-state index is 0.0933. The van der Waals surface area contributed by atoms with Gasteiger partial charge in [-0.15, -0.1) is 0 Å². The molecular formula is C11H12F3N3O. The summed E-state index contributed by atoms with van der Waals surface area (Å²) in [6.07, 6.45) is -3.34. The highest BCUT2D eigenvalue weighted by Crippen LogP contribution is 2.28. The molecule has 98 valence electrons. The molecule has 1 aliphatic rings. The zero-order valence-corrected chi connectivity index (χ0v) is 9.44. The molecule has 0 saturated carbocycles. The van der Waals surface area contributed by atoms with Crippen molar-refractivity contribution in [3.05, 3.63) is 29.6 Å². The number of likely N-dealkylation sites (tertiary alicyclic amines) is 1. The zero-order chi connectivity index (χ0) is 13.3. The molecule has 0 spiro atoms. The van der Waals surface area contributed by atoms with Gasteiger partial charge in [-0.25, -0.2) is 0 Å². The molecular weight excluding hydrogens is 247 g/mol. The molecule has 18 heavy (non-hydrogen) atoms. The Morgan fingerprint density at radius 1 is 1.44 bits per heavy atom. The van der Waals surface area contributed by atoms with Crippen LogP contribution in [0, 0.1) is 0 Å². The Labute approximate surface area is 102 Å². The van der Waals surface area contributed by atoms with Gasteiger partial charge < -0.3 is 10.6 Å². The van der Waals surface area contributed by atoms with Crippen molar-refractivity contribution < 1.29 is 18.0 Å². The summed E-state index contributed by atoms with van der Waals surface area (Å²) >= 11 is 0. The fourth-order valence-electron chi connectivity index (χ4n) is 1.84. The normalized spacial score (nSPS) is 20.6. The van der Waals surface area contributed by atoms with Gasteiger partial charge in [-0.2, -0.15) is 13.2 Å². The number of hydrogen-bond donors (Lipinski definition) is 1. The molecule has 1 atom stereocenters. The first-order valence-corrected chi connectivity index (χ1v) is 5.42. The lowest BCUT2D eigenvalue weighted by Crippen LogP contribution is -2.28. The van der Waals surface area contributed by atoms with E-state index in [9.17, 15) is 18.0 Å². The first kappa shape index (κ1) is 12.8. The molecule has 1 fully saturated rings. The summed E-state index contributed by atoms with van der Waals surface area (Å²) in [6, 6.07) is 2.04. The number of nitrogens with two attached hydrogens (primary N) is 1. The highest BCUT2D eigenvalue weighted by molar-refractivity contribution is 5.79. The summed E-state index contributed by atoms with van der Waals surface area (Å²) in [5, 5.41) is 0. The SMILES string of the molecule is NC1CC(=O)N(Cc2ccc(C(F)(F)F)cn2)C1. The Kier molecular flexibility index (Phi) is 3.25. The van der Waals surface area contributed by atoms with Gasteiger partial charge in [-0.3, -0.25) is 9.78 Å². The first-order valence-electron chi connectivity index (χ1n) is 5.42. The molecule has 2 N–H and O–H groups in total. The Bertz CT molecular complexity index is 444. The van der Waals surface area contributed by atoms with Crippen LogP contribution < -0.4 is 5.73 Å². The third-order valence-corrected chi connectivity index (χ3v) is 2.75. The Morgan fingerprint density at radius 3 is 2.61 bits per heavy atom. The number of alkyl halides is 3. The Balaban J connectivity index is 2.05. The predicted octanol–water partition coefficient (Wildman–Crippen LogP) is 1.16. The Hall–Kier alpha value is -1.63. The maximum Gasteiger partial charge on any atom is 0.417 e. The summed E-state index contributed by atoms with van der Waals surface area (Å²) in [5.41, 5.74) is 5.24. The smallest absolute Gasteiger partial charge is 0.335 e. The number of halogens is 3. The first-order chi connectivity index (χ1) is 8.36. The van der Waals surface area contributed by atoms with Crippen LogP contribution in [0.25, 0.3) is 0 Å². The van der Waals surface area contributed by atoms with Gasteiger partial charge in [0, 0.05) is 25.2 Å². The van der Waals surface area contributed by atoms with Crippen molar-refractivity contribution in [2.75, 3.05) is 6.54 Å². The maximum absolute atomic E-state index is 12.3. The number of carbonyl (C=O) groups excluding carboxylic acids is 1. The lowest BCUT2D eigenvalue weighted by Gasteiger charge is -2.15. The van der Waals surface area contributed by atoms with E-state index in [0.717, 1.165) is 12.3 Å². The van der Waals surface area contributed by atoms with Crippen LogP contribution in [0.5, 0.6) is 0 Å². The minimum Gasteiger partial charge on any atom is -0.335 e. The summed E-state index contributed by atoms with van der Waals surface area (Å²) < 4.78 is 37.0. The van der Waals surface area contributed by atoms with Gasteiger partial charge in [0.25, 0.3) is 0 Å².